The Kier molecular flexibility index (Phi) is 2.86. The van der Waals surface area contributed by atoms with Gasteiger partial charge in [0.2, 0.25) is 0 Å². The number of rotatable bonds is 3. The lowest BCUT2D eigenvalue weighted by molar-refractivity contribution is 0.897. The van der Waals surface area contributed by atoms with Crippen LogP contribution < -0.4 is 0 Å². The van der Waals surface area contributed by atoms with E-state index in [2.05, 4.69) is 40.6 Å². The molecule has 69 valence electrons. The summed E-state index contributed by atoms with van der Waals surface area (Å²) in [5, 5.41) is 0. The second kappa shape index (κ2) is 4.51. The zero-order valence-corrected chi connectivity index (χ0v) is 7.85. The average Bonchev–Trinajstić information content (AvgIpc) is 2.29. The maximum Gasteiger partial charge on any atom is 0.197 e. The van der Waals surface area contributed by atoms with Gasteiger partial charge in [-0.2, -0.15) is 0 Å². The van der Waals surface area contributed by atoms with E-state index in [0.717, 1.165) is 18.5 Å². The van der Waals surface area contributed by atoms with E-state index in [4.69, 9.17) is 0 Å². The molecule has 0 N–H and O–H groups in total. The van der Waals surface area contributed by atoms with Crippen LogP contribution in [0.25, 0.3) is 0 Å². The number of nitrogens with zero attached hydrogens (tertiary/aromatic N) is 2. The summed E-state index contributed by atoms with van der Waals surface area (Å²) in [6, 6.07) is 12.3. The number of aryl methyl sites for hydroxylation is 2. The number of hydrogen-bond acceptors (Lipinski definition) is 2. The normalized spacial score (nSPS) is 10.0. The summed E-state index contributed by atoms with van der Waals surface area (Å²) >= 11 is 0. The summed E-state index contributed by atoms with van der Waals surface area (Å²) in [5.41, 5.74) is 2.38. The minimum Gasteiger partial charge on any atom is -0.234 e. The van der Waals surface area contributed by atoms with Crippen LogP contribution in [0.4, 0.5) is 0 Å². The molecule has 0 saturated heterocycles. The van der Waals surface area contributed by atoms with Crippen molar-refractivity contribution in [1.82, 2.24) is 9.97 Å². The fourth-order valence-corrected chi connectivity index (χ4v) is 1.34. The molecule has 0 bridgehead atoms. The van der Waals surface area contributed by atoms with Crippen LogP contribution in [0.1, 0.15) is 11.3 Å². The molecule has 2 heteroatoms. The number of hydrogen-bond donors (Lipinski definition) is 0. The van der Waals surface area contributed by atoms with E-state index in [-0.39, 0.29) is 0 Å². The maximum atomic E-state index is 4.06. The standard InChI is InChI=1S/C12H11N2/c1-2-4-11(5-3-1)6-7-12-8-9-13-10-14-12/h1-5,8-9H,6-7H2. The third kappa shape index (κ3) is 2.39. The van der Waals surface area contributed by atoms with E-state index < -0.39 is 0 Å². The SMILES string of the molecule is [c]1nccc(CCc2ccccc2)n1. The van der Waals surface area contributed by atoms with E-state index in [0.29, 0.717) is 0 Å². The van der Waals surface area contributed by atoms with E-state index in [9.17, 15) is 0 Å². The predicted octanol–water partition coefficient (Wildman–Crippen LogP) is 2.06. The Morgan fingerprint density at radius 2 is 1.86 bits per heavy atom. The van der Waals surface area contributed by atoms with Gasteiger partial charge in [-0.25, -0.2) is 9.97 Å². The first-order chi connectivity index (χ1) is 6.95. The molecule has 1 aromatic heterocycles. The molecule has 1 heterocycles. The number of benzene rings is 1. The monoisotopic (exact) mass is 183 g/mol. The van der Waals surface area contributed by atoms with Gasteiger partial charge in [-0.05, 0) is 24.5 Å². The zero-order valence-electron chi connectivity index (χ0n) is 7.85. The molecular formula is C12H11N2. The summed E-state index contributed by atoms with van der Waals surface area (Å²) in [7, 11) is 0. The molecule has 14 heavy (non-hydrogen) atoms. The second-order valence-electron chi connectivity index (χ2n) is 3.13. The molecule has 1 radical (unpaired) electrons. The van der Waals surface area contributed by atoms with Crippen LogP contribution in [0.15, 0.2) is 42.6 Å². The highest BCUT2D eigenvalue weighted by Crippen LogP contribution is 2.03. The van der Waals surface area contributed by atoms with Gasteiger partial charge < -0.3 is 0 Å². The highest BCUT2D eigenvalue weighted by molar-refractivity contribution is 5.16. The summed E-state index contributed by atoms with van der Waals surface area (Å²) in [6.45, 7) is 0. The lowest BCUT2D eigenvalue weighted by Gasteiger charge is -1.99. The Balaban J connectivity index is 1.96. The molecule has 0 aliphatic rings. The predicted molar refractivity (Wildman–Crippen MR) is 54.7 cm³/mol. The fraction of sp³-hybridized carbons (Fsp3) is 0.167. The van der Waals surface area contributed by atoms with Gasteiger partial charge in [0, 0.05) is 11.9 Å². The Morgan fingerprint density at radius 1 is 1.00 bits per heavy atom. The van der Waals surface area contributed by atoms with Gasteiger partial charge in [-0.3, -0.25) is 0 Å². The zero-order chi connectivity index (χ0) is 9.64. The molecule has 0 amide bonds. The van der Waals surface area contributed by atoms with E-state index in [1.165, 1.54) is 5.56 Å². The van der Waals surface area contributed by atoms with Crippen molar-refractivity contribution in [1.29, 1.82) is 0 Å². The van der Waals surface area contributed by atoms with Gasteiger partial charge in [-0.1, -0.05) is 30.3 Å². The second-order valence-corrected chi connectivity index (χ2v) is 3.13. The van der Waals surface area contributed by atoms with Gasteiger partial charge in [0.15, 0.2) is 6.33 Å². The molecule has 0 fully saturated rings. The Labute approximate surface area is 83.7 Å². The Hall–Kier alpha value is -1.70. The minimum atomic E-state index is 0.947. The first-order valence-electron chi connectivity index (χ1n) is 4.67. The molecule has 0 atom stereocenters. The molecule has 2 aromatic rings. The average molecular weight is 183 g/mol. The van der Waals surface area contributed by atoms with Crippen LogP contribution in [-0.4, -0.2) is 9.97 Å². The largest absolute Gasteiger partial charge is 0.234 e. The van der Waals surface area contributed by atoms with Crippen LogP contribution in [0, 0.1) is 6.33 Å². The van der Waals surface area contributed by atoms with Gasteiger partial charge in [0.25, 0.3) is 0 Å². The fourth-order valence-electron chi connectivity index (χ4n) is 1.34. The molecule has 2 nitrogen and oxygen atoms in total. The van der Waals surface area contributed by atoms with E-state index >= 15 is 0 Å². The molecular weight excluding hydrogens is 172 g/mol. The van der Waals surface area contributed by atoms with E-state index in [1.807, 2.05) is 12.1 Å². The van der Waals surface area contributed by atoms with Crippen LogP contribution >= 0.6 is 0 Å². The number of aromatic nitrogens is 2. The summed E-state index contributed by atoms with van der Waals surface area (Å²) in [5.74, 6) is 0. The lowest BCUT2D eigenvalue weighted by Crippen LogP contribution is -1.94. The van der Waals surface area contributed by atoms with Crippen molar-refractivity contribution in [3.8, 4) is 0 Å². The minimum absolute atomic E-state index is 0.947. The van der Waals surface area contributed by atoms with Crippen molar-refractivity contribution in [3.63, 3.8) is 0 Å². The molecule has 2 rings (SSSR count). The van der Waals surface area contributed by atoms with Gasteiger partial charge in [-0.15, -0.1) is 0 Å². The first kappa shape index (κ1) is 8.88. The maximum absolute atomic E-state index is 4.06. The van der Waals surface area contributed by atoms with Crippen LogP contribution in [0.5, 0.6) is 0 Å². The Bertz CT molecular complexity index is 331. The quantitative estimate of drug-likeness (QED) is 0.728. The smallest absolute Gasteiger partial charge is 0.197 e. The third-order valence-corrected chi connectivity index (χ3v) is 2.11. The summed E-state index contributed by atoms with van der Waals surface area (Å²) < 4.78 is 0. The van der Waals surface area contributed by atoms with Crippen molar-refractivity contribution in [2.45, 2.75) is 12.8 Å². The topological polar surface area (TPSA) is 25.8 Å². The summed E-state index contributed by atoms with van der Waals surface area (Å²) in [4.78, 5) is 7.82. The Morgan fingerprint density at radius 3 is 2.57 bits per heavy atom. The van der Waals surface area contributed by atoms with Crippen molar-refractivity contribution in [3.05, 3.63) is 60.2 Å². The van der Waals surface area contributed by atoms with E-state index in [1.54, 1.807) is 6.20 Å². The van der Waals surface area contributed by atoms with Gasteiger partial charge >= 0.3 is 0 Å². The molecule has 0 aliphatic heterocycles. The van der Waals surface area contributed by atoms with Gasteiger partial charge in [0.1, 0.15) is 0 Å². The molecule has 1 aromatic carbocycles. The van der Waals surface area contributed by atoms with Crippen LogP contribution in [0.3, 0.4) is 0 Å². The molecule has 0 spiro atoms. The highest BCUT2D eigenvalue weighted by atomic mass is 14.8. The molecule has 0 unspecified atom stereocenters. The van der Waals surface area contributed by atoms with Gasteiger partial charge in [0.05, 0.1) is 0 Å². The van der Waals surface area contributed by atoms with Crippen molar-refractivity contribution in [2.75, 3.05) is 0 Å². The molecule has 0 aliphatic carbocycles. The van der Waals surface area contributed by atoms with Crippen molar-refractivity contribution >= 4 is 0 Å². The lowest BCUT2D eigenvalue weighted by atomic mass is 10.1. The summed E-state index contributed by atoms with van der Waals surface area (Å²) in [6.07, 6.45) is 6.29. The highest BCUT2D eigenvalue weighted by Gasteiger charge is 1.95. The van der Waals surface area contributed by atoms with Crippen LogP contribution in [0.2, 0.25) is 0 Å². The van der Waals surface area contributed by atoms with Crippen molar-refractivity contribution < 1.29 is 0 Å². The molecule has 0 saturated carbocycles. The van der Waals surface area contributed by atoms with Crippen molar-refractivity contribution in [2.24, 2.45) is 0 Å². The third-order valence-electron chi connectivity index (χ3n) is 2.11. The first-order valence-corrected chi connectivity index (χ1v) is 4.67. The van der Waals surface area contributed by atoms with Crippen LogP contribution in [-0.2, 0) is 12.8 Å².